The monoisotopic (exact) mass is 245 g/mol. The van der Waals surface area contributed by atoms with Gasteiger partial charge in [-0.2, -0.15) is 0 Å². The van der Waals surface area contributed by atoms with Crippen molar-refractivity contribution in [3.05, 3.63) is 35.6 Å². The van der Waals surface area contributed by atoms with E-state index in [0.717, 1.165) is 16.5 Å². The molecule has 1 aliphatic rings. The summed E-state index contributed by atoms with van der Waals surface area (Å²) < 4.78 is 10.8. The molecule has 3 rings (SSSR count). The van der Waals surface area contributed by atoms with Crippen LogP contribution in [0.4, 0.5) is 0 Å². The molecule has 1 saturated heterocycles. The number of furan rings is 1. The summed E-state index contributed by atoms with van der Waals surface area (Å²) in [5.74, 6) is 0.0297. The number of benzene rings is 1. The number of hydrogen-bond acceptors (Lipinski definition) is 4. The lowest BCUT2D eigenvalue weighted by Gasteiger charge is -2.09. The number of nitrogens with two attached hydrogens (primary N) is 1. The minimum atomic E-state index is -0.286. The van der Waals surface area contributed by atoms with Crippen molar-refractivity contribution in [1.29, 1.82) is 0 Å². The molecule has 0 aliphatic carbocycles. The average Bonchev–Trinajstić information content (AvgIpc) is 2.93. The third-order valence-corrected chi connectivity index (χ3v) is 3.38. The van der Waals surface area contributed by atoms with Crippen molar-refractivity contribution in [2.75, 3.05) is 13.2 Å². The number of carbonyl (C=O) groups is 1. The minimum Gasteiger partial charge on any atom is -0.453 e. The molecule has 1 aromatic carbocycles. The maximum Gasteiger partial charge on any atom is 0.205 e. The Morgan fingerprint density at radius 3 is 2.89 bits per heavy atom. The van der Waals surface area contributed by atoms with Crippen molar-refractivity contribution in [1.82, 2.24) is 0 Å². The van der Waals surface area contributed by atoms with Gasteiger partial charge in [0.15, 0.2) is 5.76 Å². The summed E-state index contributed by atoms with van der Waals surface area (Å²) in [6, 6.07) is 7.40. The second-order valence-electron chi connectivity index (χ2n) is 4.82. The molecule has 0 saturated carbocycles. The molecule has 0 radical (unpaired) electrons. The number of fused-ring (bicyclic) bond motifs is 1. The van der Waals surface area contributed by atoms with E-state index in [2.05, 4.69) is 0 Å². The molecule has 94 valence electrons. The smallest absolute Gasteiger partial charge is 0.205 e. The third-order valence-electron chi connectivity index (χ3n) is 3.38. The van der Waals surface area contributed by atoms with Gasteiger partial charge >= 0.3 is 0 Å². The summed E-state index contributed by atoms with van der Waals surface area (Å²) in [6.07, 6.45) is 0. The molecular weight excluding hydrogens is 230 g/mol. The molecule has 0 spiro atoms. The van der Waals surface area contributed by atoms with Gasteiger partial charge in [0, 0.05) is 11.4 Å². The first-order chi connectivity index (χ1) is 8.65. The maximum atomic E-state index is 12.3. The maximum absolute atomic E-state index is 12.3. The molecule has 4 nitrogen and oxygen atoms in total. The van der Waals surface area contributed by atoms with Gasteiger partial charge in [0.05, 0.1) is 19.1 Å². The van der Waals surface area contributed by atoms with Gasteiger partial charge in [0.25, 0.3) is 0 Å². The first kappa shape index (κ1) is 11.4. The van der Waals surface area contributed by atoms with Gasteiger partial charge in [-0.25, -0.2) is 0 Å². The Labute approximate surface area is 105 Å². The zero-order valence-electron chi connectivity index (χ0n) is 10.2. The lowest BCUT2D eigenvalue weighted by molar-refractivity contribution is 0.0870. The lowest BCUT2D eigenvalue weighted by Crippen LogP contribution is -2.33. The van der Waals surface area contributed by atoms with Gasteiger partial charge in [-0.15, -0.1) is 0 Å². The van der Waals surface area contributed by atoms with Crippen molar-refractivity contribution < 1.29 is 13.9 Å². The van der Waals surface area contributed by atoms with Gasteiger partial charge < -0.3 is 14.9 Å². The SMILES string of the molecule is Cc1ccc2oc(C(=O)C3COCC3N)cc2c1. The first-order valence-electron chi connectivity index (χ1n) is 6.03. The fourth-order valence-electron chi connectivity index (χ4n) is 2.31. The standard InChI is InChI=1S/C14H15NO3/c1-8-2-3-12-9(4-8)5-13(18-12)14(16)10-6-17-7-11(10)15/h2-5,10-11H,6-7,15H2,1H3. The lowest BCUT2D eigenvalue weighted by atomic mass is 9.97. The predicted octanol–water partition coefficient (Wildman–Crippen LogP) is 1.90. The molecule has 2 N–H and O–H groups in total. The normalized spacial score (nSPS) is 23.7. The van der Waals surface area contributed by atoms with E-state index in [9.17, 15) is 4.79 Å². The van der Waals surface area contributed by atoms with Gasteiger partial charge in [-0.05, 0) is 25.1 Å². The summed E-state index contributed by atoms with van der Waals surface area (Å²) >= 11 is 0. The Morgan fingerprint density at radius 2 is 2.17 bits per heavy atom. The number of ketones is 1. The molecule has 1 aliphatic heterocycles. The molecule has 18 heavy (non-hydrogen) atoms. The molecule has 2 heterocycles. The van der Waals surface area contributed by atoms with Crippen LogP contribution in [-0.2, 0) is 4.74 Å². The van der Waals surface area contributed by atoms with Gasteiger partial charge in [0.1, 0.15) is 5.58 Å². The van der Waals surface area contributed by atoms with E-state index < -0.39 is 0 Å². The predicted molar refractivity (Wildman–Crippen MR) is 67.6 cm³/mol. The number of ether oxygens (including phenoxy) is 1. The number of rotatable bonds is 2. The van der Waals surface area contributed by atoms with Crippen LogP contribution in [0.3, 0.4) is 0 Å². The summed E-state index contributed by atoms with van der Waals surface area (Å²) in [4.78, 5) is 12.3. The largest absolute Gasteiger partial charge is 0.453 e. The summed E-state index contributed by atoms with van der Waals surface area (Å²) in [5, 5.41) is 0.950. The van der Waals surface area contributed by atoms with Crippen LogP contribution in [0.15, 0.2) is 28.7 Å². The number of Topliss-reactive ketones (excluding diaryl/α,β-unsaturated/α-hetero) is 1. The highest BCUT2D eigenvalue weighted by Gasteiger charge is 2.33. The molecule has 4 heteroatoms. The van der Waals surface area contributed by atoms with Crippen molar-refractivity contribution in [3.63, 3.8) is 0 Å². The molecule has 1 fully saturated rings. The minimum absolute atomic E-state index is 0.0612. The molecule has 0 bridgehead atoms. The van der Waals surface area contributed by atoms with Gasteiger partial charge in [-0.3, -0.25) is 4.79 Å². The van der Waals surface area contributed by atoms with E-state index in [1.165, 1.54) is 0 Å². The van der Waals surface area contributed by atoms with Gasteiger partial charge in [-0.1, -0.05) is 11.6 Å². The number of carbonyl (C=O) groups excluding carboxylic acids is 1. The summed E-state index contributed by atoms with van der Waals surface area (Å²) in [5.41, 5.74) is 7.72. The Kier molecular flexibility index (Phi) is 2.69. The molecule has 1 aromatic heterocycles. The topological polar surface area (TPSA) is 65.5 Å². The van der Waals surface area contributed by atoms with Crippen molar-refractivity contribution in [2.24, 2.45) is 11.7 Å². The van der Waals surface area contributed by atoms with E-state index in [4.69, 9.17) is 14.9 Å². The van der Waals surface area contributed by atoms with Crippen molar-refractivity contribution >= 4 is 16.8 Å². The molecule has 2 atom stereocenters. The van der Waals surface area contributed by atoms with Crippen LogP contribution in [-0.4, -0.2) is 25.0 Å². The Bertz CT molecular complexity index is 602. The molecular formula is C14H15NO3. The first-order valence-corrected chi connectivity index (χ1v) is 6.03. The highest BCUT2D eigenvalue weighted by Crippen LogP contribution is 2.24. The Hall–Kier alpha value is -1.65. The van der Waals surface area contributed by atoms with Crippen LogP contribution in [0.2, 0.25) is 0 Å². The van der Waals surface area contributed by atoms with Crippen LogP contribution in [0.5, 0.6) is 0 Å². The van der Waals surface area contributed by atoms with E-state index in [1.807, 2.05) is 25.1 Å². The zero-order chi connectivity index (χ0) is 12.7. The summed E-state index contributed by atoms with van der Waals surface area (Å²) in [7, 11) is 0. The second-order valence-corrected chi connectivity index (χ2v) is 4.82. The zero-order valence-corrected chi connectivity index (χ0v) is 10.2. The molecule has 0 amide bonds. The fourth-order valence-corrected chi connectivity index (χ4v) is 2.31. The van der Waals surface area contributed by atoms with Crippen LogP contribution < -0.4 is 5.73 Å². The Balaban J connectivity index is 1.96. The second kappa shape index (κ2) is 4.23. The van der Waals surface area contributed by atoms with Gasteiger partial charge in [0.2, 0.25) is 5.78 Å². The van der Waals surface area contributed by atoms with E-state index >= 15 is 0 Å². The van der Waals surface area contributed by atoms with Crippen LogP contribution in [0, 0.1) is 12.8 Å². The quantitative estimate of drug-likeness (QED) is 0.821. The van der Waals surface area contributed by atoms with E-state index in [-0.39, 0.29) is 17.7 Å². The van der Waals surface area contributed by atoms with Crippen LogP contribution in [0.25, 0.3) is 11.0 Å². The van der Waals surface area contributed by atoms with E-state index in [1.54, 1.807) is 6.07 Å². The Morgan fingerprint density at radius 1 is 1.33 bits per heavy atom. The third kappa shape index (κ3) is 1.83. The molecule has 2 unspecified atom stereocenters. The van der Waals surface area contributed by atoms with E-state index in [0.29, 0.717) is 19.0 Å². The number of hydrogen-bond donors (Lipinski definition) is 1. The average molecular weight is 245 g/mol. The highest BCUT2D eigenvalue weighted by molar-refractivity contribution is 5.99. The van der Waals surface area contributed by atoms with Crippen LogP contribution >= 0.6 is 0 Å². The highest BCUT2D eigenvalue weighted by atomic mass is 16.5. The summed E-state index contributed by atoms with van der Waals surface area (Å²) in [6.45, 7) is 2.83. The number of aryl methyl sites for hydroxylation is 1. The fraction of sp³-hybridized carbons (Fsp3) is 0.357. The van der Waals surface area contributed by atoms with Crippen LogP contribution in [0.1, 0.15) is 16.1 Å². The molecule has 2 aromatic rings. The van der Waals surface area contributed by atoms with Crippen molar-refractivity contribution in [2.45, 2.75) is 13.0 Å². The van der Waals surface area contributed by atoms with Crippen molar-refractivity contribution in [3.8, 4) is 0 Å².